The Labute approximate surface area is 127 Å². The highest BCUT2D eigenvalue weighted by molar-refractivity contribution is 7.90. The number of carbonyl (C=O) groups is 1. The van der Waals surface area contributed by atoms with Crippen LogP contribution < -0.4 is 5.32 Å². The molecule has 1 amide bonds. The van der Waals surface area contributed by atoms with Crippen LogP contribution in [-0.2, 0) is 16.4 Å². The standard InChI is InChI=1S/C14H13ClN2O3S/c1-21(19,20)12-5-3-2-4-11(12)14(18)17-9-10-6-7-13(15)16-8-10/h2-8H,9H2,1H3,(H,17,18). The number of benzene rings is 1. The van der Waals surface area contributed by atoms with Crippen LogP contribution in [0.25, 0.3) is 0 Å². The molecule has 21 heavy (non-hydrogen) atoms. The van der Waals surface area contributed by atoms with Crippen molar-refractivity contribution in [2.45, 2.75) is 11.4 Å². The zero-order chi connectivity index (χ0) is 15.5. The highest BCUT2D eigenvalue weighted by Gasteiger charge is 2.17. The summed E-state index contributed by atoms with van der Waals surface area (Å²) in [6.45, 7) is 0.237. The van der Waals surface area contributed by atoms with Gasteiger partial charge in [0.1, 0.15) is 5.15 Å². The van der Waals surface area contributed by atoms with E-state index in [1.54, 1.807) is 30.5 Å². The summed E-state index contributed by atoms with van der Waals surface area (Å²) in [7, 11) is -3.46. The normalized spacial score (nSPS) is 11.1. The van der Waals surface area contributed by atoms with Crippen LogP contribution in [0.5, 0.6) is 0 Å². The highest BCUT2D eigenvalue weighted by atomic mass is 35.5. The average molecular weight is 325 g/mol. The lowest BCUT2D eigenvalue weighted by molar-refractivity contribution is 0.0947. The van der Waals surface area contributed by atoms with Crippen LogP contribution in [0.2, 0.25) is 5.15 Å². The maximum Gasteiger partial charge on any atom is 0.252 e. The summed E-state index contributed by atoms with van der Waals surface area (Å²) in [6.07, 6.45) is 2.62. The largest absolute Gasteiger partial charge is 0.348 e. The van der Waals surface area contributed by atoms with Crippen molar-refractivity contribution in [1.82, 2.24) is 10.3 Å². The minimum Gasteiger partial charge on any atom is -0.348 e. The van der Waals surface area contributed by atoms with E-state index in [0.717, 1.165) is 11.8 Å². The van der Waals surface area contributed by atoms with Crippen LogP contribution in [0, 0.1) is 0 Å². The highest BCUT2D eigenvalue weighted by Crippen LogP contribution is 2.15. The van der Waals surface area contributed by atoms with Gasteiger partial charge in [-0.2, -0.15) is 0 Å². The van der Waals surface area contributed by atoms with Crippen LogP contribution in [0.3, 0.4) is 0 Å². The fourth-order valence-corrected chi connectivity index (χ4v) is 2.76. The number of halogens is 1. The Morgan fingerprint density at radius 3 is 2.57 bits per heavy atom. The van der Waals surface area contributed by atoms with Gasteiger partial charge < -0.3 is 5.32 Å². The fourth-order valence-electron chi connectivity index (χ4n) is 1.77. The van der Waals surface area contributed by atoms with Crippen molar-refractivity contribution < 1.29 is 13.2 Å². The third-order valence-electron chi connectivity index (χ3n) is 2.77. The number of sulfone groups is 1. The number of nitrogens with zero attached hydrogens (tertiary/aromatic N) is 1. The molecule has 2 rings (SSSR count). The molecular weight excluding hydrogens is 312 g/mol. The zero-order valence-electron chi connectivity index (χ0n) is 11.2. The number of pyridine rings is 1. The second-order valence-corrected chi connectivity index (χ2v) is 6.81. The summed E-state index contributed by atoms with van der Waals surface area (Å²) >= 11 is 5.68. The van der Waals surface area contributed by atoms with E-state index in [0.29, 0.717) is 5.15 Å². The molecule has 7 heteroatoms. The molecule has 0 radical (unpaired) electrons. The van der Waals surface area contributed by atoms with E-state index in [1.165, 1.54) is 12.1 Å². The number of carbonyl (C=O) groups excluding carboxylic acids is 1. The van der Waals surface area contributed by atoms with Gasteiger partial charge in [0.15, 0.2) is 9.84 Å². The second-order valence-electron chi connectivity index (χ2n) is 4.44. The molecule has 1 aromatic heterocycles. The summed E-state index contributed by atoms with van der Waals surface area (Å²) < 4.78 is 23.3. The maximum absolute atomic E-state index is 12.1. The summed E-state index contributed by atoms with van der Waals surface area (Å²) in [6, 6.07) is 9.44. The third-order valence-corrected chi connectivity index (χ3v) is 4.15. The Morgan fingerprint density at radius 2 is 1.95 bits per heavy atom. The van der Waals surface area contributed by atoms with Gasteiger partial charge >= 0.3 is 0 Å². The molecule has 0 saturated carbocycles. The molecule has 1 heterocycles. The SMILES string of the molecule is CS(=O)(=O)c1ccccc1C(=O)NCc1ccc(Cl)nc1. The Morgan fingerprint density at radius 1 is 1.24 bits per heavy atom. The van der Waals surface area contributed by atoms with Gasteiger partial charge in [-0.3, -0.25) is 4.79 Å². The van der Waals surface area contributed by atoms with Gasteiger partial charge in [0.05, 0.1) is 10.5 Å². The van der Waals surface area contributed by atoms with Crippen LogP contribution >= 0.6 is 11.6 Å². The molecule has 1 aromatic carbocycles. The minimum atomic E-state index is -3.46. The molecule has 0 spiro atoms. The van der Waals surface area contributed by atoms with Crippen molar-refractivity contribution >= 4 is 27.3 Å². The quantitative estimate of drug-likeness (QED) is 0.873. The van der Waals surface area contributed by atoms with Gasteiger partial charge in [-0.15, -0.1) is 0 Å². The van der Waals surface area contributed by atoms with E-state index in [2.05, 4.69) is 10.3 Å². The Hall–Kier alpha value is -1.92. The van der Waals surface area contributed by atoms with Crippen LogP contribution in [0.1, 0.15) is 15.9 Å². The molecule has 110 valence electrons. The van der Waals surface area contributed by atoms with E-state index < -0.39 is 15.7 Å². The fraction of sp³-hybridized carbons (Fsp3) is 0.143. The molecular formula is C14H13ClN2O3S. The molecule has 2 aromatic rings. The summed E-state index contributed by atoms with van der Waals surface area (Å²) in [5.41, 5.74) is 0.895. The van der Waals surface area contributed by atoms with Gasteiger partial charge in [0, 0.05) is 19.0 Å². The smallest absolute Gasteiger partial charge is 0.252 e. The molecule has 0 bridgehead atoms. The topological polar surface area (TPSA) is 76.1 Å². The molecule has 0 unspecified atom stereocenters. The molecule has 0 saturated heterocycles. The second kappa shape index (κ2) is 6.24. The molecule has 0 aliphatic carbocycles. The zero-order valence-corrected chi connectivity index (χ0v) is 12.8. The van der Waals surface area contributed by atoms with Crippen molar-refractivity contribution in [3.63, 3.8) is 0 Å². The first-order valence-electron chi connectivity index (χ1n) is 6.05. The van der Waals surface area contributed by atoms with Gasteiger partial charge in [0.2, 0.25) is 0 Å². The number of nitrogens with one attached hydrogen (secondary N) is 1. The number of hydrogen-bond donors (Lipinski definition) is 1. The molecule has 0 aliphatic rings. The predicted octanol–water partition coefficient (Wildman–Crippen LogP) is 2.07. The van der Waals surface area contributed by atoms with E-state index in [1.807, 2.05) is 0 Å². The van der Waals surface area contributed by atoms with Crippen LogP contribution in [0.15, 0.2) is 47.5 Å². The van der Waals surface area contributed by atoms with E-state index >= 15 is 0 Å². The van der Waals surface area contributed by atoms with E-state index in [-0.39, 0.29) is 17.0 Å². The van der Waals surface area contributed by atoms with E-state index in [9.17, 15) is 13.2 Å². The molecule has 0 atom stereocenters. The first kappa shape index (κ1) is 15.5. The molecule has 1 N–H and O–H groups in total. The lowest BCUT2D eigenvalue weighted by atomic mass is 10.2. The number of rotatable bonds is 4. The third kappa shape index (κ3) is 4.03. The van der Waals surface area contributed by atoms with Crippen molar-refractivity contribution in [1.29, 1.82) is 0 Å². The monoisotopic (exact) mass is 324 g/mol. The Bertz CT molecular complexity index is 758. The Balaban J connectivity index is 2.16. The van der Waals surface area contributed by atoms with Gasteiger partial charge in [-0.25, -0.2) is 13.4 Å². The van der Waals surface area contributed by atoms with E-state index in [4.69, 9.17) is 11.6 Å². The average Bonchev–Trinajstić information content (AvgIpc) is 2.45. The summed E-state index contributed by atoms with van der Waals surface area (Å²) in [5, 5.41) is 3.03. The minimum absolute atomic E-state index is 0.0109. The van der Waals surface area contributed by atoms with Crippen molar-refractivity contribution in [3.05, 3.63) is 58.9 Å². The Kier molecular flexibility index (Phi) is 4.59. The van der Waals surface area contributed by atoms with Crippen molar-refractivity contribution in [2.24, 2.45) is 0 Å². The van der Waals surface area contributed by atoms with Crippen molar-refractivity contribution in [3.8, 4) is 0 Å². The summed E-state index contributed by atoms with van der Waals surface area (Å²) in [4.78, 5) is 16.0. The van der Waals surface area contributed by atoms with Crippen LogP contribution in [0.4, 0.5) is 0 Å². The number of hydrogen-bond acceptors (Lipinski definition) is 4. The van der Waals surface area contributed by atoms with Gasteiger partial charge in [0.25, 0.3) is 5.91 Å². The van der Waals surface area contributed by atoms with Crippen molar-refractivity contribution in [2.75, 3.05) is 6.26 Å². The lowest BCUT2D eigenvalue weighted by Crippen LogP contribution is -2.24. The van der Waals surface area contributed by atoms with Crippen LogP contribution in [-0.4, -0.2) is 25.6 Å². The lowest BCUT2D eigenvalue weighted by Gasteiger charge is -2.09. The first-order chi connectivity index (χ1) is 9.88. The maximum atomic E-state index is 12.1. The number of amides is 1. The van der Waals surface area contributed by atoms with Gasteiger partial charge in [-0.1, -0.05) is 29.8 Å². The molecule has 0 aliphatic heterocycles. The summed E-state index contributed by atoms with van der Waals surface area (Å²) in [5.74, 6) is -0.453. The number of aromatic nitrogens is 1. The molecule has 5 nitrogen and oxygen atoms in total. The van der Waals surface area contributed by atoms with Gasteiger partial charge in [-0.05, 0) is 23.8 Å². The predicted molar refractivity (Wildman–Crippen MR) is 80.0 cm³/mol. The first-order valence-corrected chi connectivity index (χ1v) is 8.32. The molecule has 0 fully saturated rings.